The van der Waals surface area contributed by atoms with Gasteiger partial charge < -0.3 is 0 Å². The first-order chi connectivity index (χ1) is 9.66. The summed E-state index contributed by atoms with van der Waals surface area (Å²) in [6.07, 6.45) is 4.29. The van der Waals surface area contributed by atoms with E-state index in [0.717, 1.165) is 5.92 Å². The van der Waals surface area contributed by atoms with Crippen molar-refractivity contribution in [2.45, 2.75) is 89.3 Å². The van der Waals surface area contributed by atoms with E-state index in [-0.39, 0.29) is 0 Å². The molecule has 0 saturated carbocycles. The lowest BCUT2D eigenvalue weighted by Gasteiger charge is -2.47. The molecular weight excluding hydrogens is 268 g/mol. The van der Waals surface area contributed by atoms with E-state index >= 15 is 0 Å². The highest BCUT2D eigenvalue weighted by Gasteiger charge is 2.51. The monoisotopic (exact) mass is 298 g/mol. The quantitative estimate of drug-likeness (QED) is 0.582. The van der Waals surface area contributed by atoms with Crippen molar-refractivity contribution >= 4 is 13.3 Å². The fraction of sp³-hybridized carbons (Fsp3) is 0.700. The van der Waals surface area contributed by atoms with E-state index in [0.29, 0.717) is 10.8 Å². The maximum atomic E-state index is 2.69. The molecule has 1 aromatic carbocycles. The predicted molar refractivity (Wildman–Crippen MR) is 94.7 cm³/mol. The Labute approximate surface area is 131 Å². The lowest BCUT2D eigenvalue weighted by atomic mass is 9.77. The first-order valence-corrected chi connectivity index (χ1v) is 11.8. The molecule has 2 unspecified atom stereocenters. The molecule has 1 aliphatic carbocycles. The standard InChI is InChI=1S/C20H30Si/c1-13-11-15-18-16-14(12-20(4,5)17(13)16)7-9-21(18,6)10-8-19(15,2)3/h11,14H,7-10,12H2,1-6H3. The molecule has 4 rings (SSSR count). The zero-order valence-electron chi connectivity index (χ0n) is 14.7. The second-order valence-corrected chi connectivity index (χ2v) is 14.3. The Hall–Kier alpha value is -0.563. The third-order valence-electron chi connectivity index (χ3n) is 7.08. The Bertz CT molecular complexity index is 638. The van der Waals surface area contributed by atoms with Crippen molar-refractivity contribution < 1.29 is 0 Å². The van der Waals surface area contributed by atoms with Gasteiger partial charge in [0, 0.05) is 0 Å². The van der Waals surface area contributed by atoms with Crippen molar-refractivity contribution in [2.75, 3.05) is 0 Å². The summed E-state index contributed by atoms with van der Waals surface area (Å²) >= 11 is 0. The molecule has 2 heterocycles. The van der Waals surface area contributed by atoms with Crippen molar-refractivity contribution in [1.29, 1.82) is 0 Å². The van der Waals surface area contributed by atoms with Crippen molar-refractivity contribution in [3.63, 3.8) is 0 Å². The molecule has 2 atom stereocenters. The Morgan fingerprint density at radius 2 is 1.81 bits per heavy atom. The first-order valence-electron chi connectivity index (χ1n) is 8.85. The van der Waals surface area contributed by atoms with Gasteiger partial charge in [0.15, 0.2) is 0 Å². The number of hydrogen-bond acceptors (Lipinski definition) is 0. The first kappa shape index (κ1) is 14.1. The van der Waals surface area contributed by atoms with Crippen molar-refractivity contribution in [3.05, 3.63) is 28.3 Å². The summed E-state index contributed by atoms with van der Waals surface area (Å²) in [5.74, 6) is 0.873. The molecule has 1 aromatic rings. The molecule has 0 N–H and O–H groups in total. The van der Waals surface area contributed by atoms with Gasteiger partial charge in [-0.2, -0.15) is 0 Å². The zero-order chi connectivity index (χ0) is 15.2. The molecule has 0 spiro atoms. The van der Waals surface area contributed by atoms with Crippen LogP contribution in [0.2, 0.25) is 18.6 Å². The van der Waals surface area contributed by atoms with Crippen LogP contribution in [0, 0.1) is 6.92 Å². The summed E-state index contributed by atoms with van der Waals surface area (Å²) in [5.41, 5.74) is 7.76. The van der Waals surface area contributed by atoms with Crippen molar-refractivity contribution in [3.8, 4) is 0 Å². The summed E-state index contributed by atoms with van der Waals surface area (Å²) in [6.45, 7) is 15.0. The normalized spacial score (nSPS) is 34.7. The minimum absolute atomic E-state index is 0.399. The van der Waals surface area contributed by atoms with Gasteiger partial charge in [-0.25, -0.2) is 0 Å². The largest absolute Gasteiger partial charge is 0.0845 e. The zero-order valence-corrected chi connectivity index (χ0v) is 15.7. The van der Waals surface area contributed by atoms with E-state index in [4.69, 9.17) is 0 Å². The lowest BCUT2D eigenvalue weighted by Crippen LogP contribution is -2.57. The van der Waals surface area contributed by atoms with Crippen LogP contribution in [0.4, 0.5) is 0 Å². The number of rotatable bonds is 0. The van der Waals surface area contributed by atoms with E-state index in [1.807, 2.05) is 10.8 Å². The van der Waals surface area contributed by atoms with Crippen LogP contribution < -0.4 is 5.19 Å². The van der Waals surface area contributed by atoms with Crippen LogP contribution in [0.25, 0.3) is 0 Å². The highest BCUT2D eigenvalue weighted by atomic mass is 28.3. The van der Waals surface area contributed by atoms with E-state index < -0.39 is 8.07 Å². The Morgan fingerprint density at radius 1 is 1.10 bits per heavy atom. The molecule has 3 aliphatic rings. The van der Waals surface area contributed by atoms with Crippen molar-refractivity contribution in [1.82, 2.24) is 0 Å². The summed E-state index contributed by atoms with van der Waals surface area (Å²) in [6, 6.07) is 5.68. The molecule has 0 fully saturated rings. The van der Waals surface area contributed by atoms with Gasteiger partial charge in [0.25, 0.3) is 0 Å². The lowest BCUT2D eigenvalue weighted by molar-refractivity contribution is 0.463. The topological polar surface area (TPSA) is 0 Å². The van der Waals surface area contributed by atoms with E-state index in [1.165, 1.54) is 25.3 Å². The molecule has 1 heteroatoms. The van der Waals surface area contributed by atoms with Gasteiger partial charge in [-0.1, -0.05) is 57.6 Å². The SMILES string of the molecule is Cc1cc2c3c4c1C(C)(C)CC4CC[Si]3(C)CCC2(C)C. The Balaban J connectivity index is 2.12. The van der Waals surface area contributed by atoms with Gasteiger partial charge in [-0.3, -0.25) is 0 Å². The molecule has 2 aliphatic heterocycles. The molecule has 0 nitrogen and oxygen atoms in total. The molecule has 0 saturated heterocycles. The van der Waals surface area contributed by atoms with Crippen LogP contribution in [0.5, 0.6) is 0 Å². The van der Waals surface area contributed by atoms with Crippen molar-refractivity contribution in [2.24, 2.45) is 0 Å². The summed E-state index contributed by atoms with van der Waals surface area (Å²) in [7, 11) is -1.20. The van der Waals surface area contributed by atoms with Gasteiger partial charge in [0.05, 0.1) is 8.07 Å². The van der Waals surface area contributed by atoms with Crippen LogP contribution in [-0.2, 0) is 10.8 Å². The van der Waals surface area contributed by atoms with Crippen LogP contribution in [0.3, 0.4) is 0 Å². The maximum absolute atomic E-state index is 2.69. The van der Waals surface area contributed by atoms with E-state index in [1.54, 1.807) is 22.7 Å². The number of benzene rings is 1. The van der Waals surface area contributed by atoms with E-state index in [9.17, 15) is 0 Å². The molecule has 0 amide bonds. The highest BCUT2D eigenvalue weighted by Crippen LogP contribution is 2.55. The fourth-order valence-electron chi connectivity index (χ4n) is 5.99. The van der Waals surface area contributed by atoms with Crippen LogP contribution in [-0.4, -0.2) is 8.07 Å². The second kappa shape index (κ2) is 3.85. The Morgan fingerprint density at radius 3 is 2.52 bits per heavy atom. The fourth-order valence-corrected chi connectivity index (χ4v) is 10.9. The molecule has 0 aromatic heterocycles. The molecule has 0 radical (unpaired) electrons. The number of hydrogen-bond donors (Lipinski definition) is 0. The second-order valence-electron chi connectivity index (χ2n) is 9.67. The third-order valence-corrected chi connectivity index (χ3v) is 11.6. The van der Waals surface area contributed by atoms with Gasteiger partial charge in [0.1, 0.15) is 0 Å². The summed E-state index contributed by atoms with van der Waals surface area (Å²) in [5, 5.41) is 1.93. The molecule has 21 heavy (non-hydrogen) atoms. The minimum Gasteiger partial charge on any atom is -0.0652 e. The molecular formula is C20H30Si. The summed E-state index contributed by atoms with van der Waals surface area (Å²) in [4.78, 5) is 0. The highest BCUT2D eigenvalue weighted by molar-refractivity contribution is 6.92. The van der Waals surface area contributed by atoms with Crippen LogP contribution in [0.15, 0.2) is 6.07 Å². The van der Waals surface area contributed by atoms with Crippen LogP contribution >= 0.6 is 0 Å². The van der Waals surface area contributed by atoms with Gasteiger partial charge in [-0.15, -0.1) is 0 Å². The number of aryl methyl sites for hydroxylation is 1. The smallest absolute Gasteiger partial charge is 0.0652 e. The summed E-state index contributed by atoms with van der Waals surface area (Å²) < 4.78 is 0. The van der Waals surface area contributed by atoms with E-state index in [2.05, 4.69) is 47.2 Å². The minimum atomic E-state index is -1.20. The average Bonchev–Trinajstić information content (AvgIpc) is 2.65. The van der Waals surface area contributed by atoms with Crippen LogP contribution in [0.1, 0.15) is 75.1 Å². The molecule has 0 bridgehead atoms. The predicted octanol–water partition coefficient (Wildman–Crippen LogP) is 5.13. The third kappa shape index (κ3) is 1.67. The van der Waals surface area contributed by atoms with Gasteiger partial charge >= 0.3 is 0 Å². The van der Waals surface area contributed by atoms with Gasteiger partial charge in [0.2, 0.25) is 0 Å². The maximum Gasteiger partial charge on any atom is 0.0845 e. The average molecular weight is 299 g/mol. The van der Waals surface area contributed by atoms with Gasteiger partial charge in [-0.05, 0) is 65.2 Å². The molecule has 114 valence electrons. The Kier molecular flexibility index (Phi) is 2.58.